The molecule has 0 atom stereocenters. The number of halogens is 1. The third kappa shape index (κ3) is 6.54. The van der Waals surface area contributed by atoms with Crippen molar-refractivity contribution in [2.24, 2.45) is 4.99 Å². The van der Waals surface area contributed by atoms with Crippen LogP contribution in [0.1, 0.15) is 17.0 Å². The topological polar surface area (TPSA) is 104 Å². The van der Waals surface area contributed by atoms with E-state index in [0.717, 1.165) is 17.0 Å². The Morgan fingerprint density at radius 2 is 1.79 bits per heavy atom. The third-order valence-corrected chi connectivity index (χ3v) is 3.94. The summed E-state index contributed by atoms with van der Waals surface area (Å²) in [7, 11) is 0. The van der Waals surface area contributed by atoms with Crippen LogP contribution in [0.3, 0.4) is 0 Å². The molecular weight excluding hydrogens is 390 g/mol. The normalized spacial score (nSPS) is 11.1. The molecule has 2 amide bonds. The lowest BCUT2D eigenvalue weighted by Crippen LogP contribution is -2.39. The van der Waals surface area contributed by atoms with E-state index < -0.39 is 6.03 Å². The first-order valence-electron chi connectivity index (χ1n) is 8.84. The van der Waals surface area contributed by atoms with Crippen LogP contribution in [0.2, 0.25) is 5.02 Å². The Kier molecular flexibility index (Phi) is 6.70. The van der Waals surface area contributed by atoms with Crippen LogP contribution in [-0.4, -0.2) is 26.9 Å². The number of aromatic nitrogens is 3. The van der Waals surface area contributed by atoms with Gasteiger partial charge in [0.05, 0.1) is 6.54 Å². The number of aliphatic imine (C=N–C) groups is 1. The molecule has 0 saturated carbocycles. The standard InChI is InChI=1S/C20H20ClN7O/c1-13-10-14(2)25-19(24-13)27-18(23-12-15-4-3-9-22-11-15)28-20(29)26-17-7-5-16(21)6-8-17/h3-11H,12H2,1-2H3,(H3,23,24,25,26,27,28,29). The number of urea groups is 1. The second kappa shape index (κ2) is 9.61. The summed E-state index contributed by atoms with van der Waals surface area (Å²) >= 11 is 5.87. The van der Waals surface area contributed by atoms with Crippen molar-refractivity contribution in [2.75, 3.05) is 10.6 Å². The van der Waals surface area contributed by atoms with E-state index in [9.17, 15) is 4.79 Å². The van der Waals surface area contributed by atoms with Crippen molar-refractivity contribution in [3.05, 3.63) is 76.8 Å². The Balaban J connectivity index is 1.75. The number of benzene rings is 1. The molecule has 0 fully saturated rings. The summed E-state index contributed by atoms with van der Waals surface area (Å²) in [5.41, 5.74) is 3.10. The summed E-state index contributed by atoms with van der Waals surface area (Å²) < 4.78 is 0. The Bertz CT molecular complexity index is 987. The number of guanidine groups is 1. The minimum absolute atomic E-state index is 0.213. The monoisotopic (exact) mass is 409 g/mol. The highest BCUT2D eigenvalue weighted by Crippen LogP contribution is 2.13. The zero-order chi connectivity index (χ0) is 20.6. The molecule has 8 nitrogen and oxygen atoms in total. The third-order valence-electron chi connectivity index (χ3n) is 3.69. The molecule has 9 heteroatoms. The molecule has 0 radical (unpaired) electrons. The molecule has 0 unspecified atom stereocenters. The van der Waals surface area contributed by atoms with Crippen LogP contribution >= 0.6 is 11.6 Å². The van der Waals surface area contributed by atoms with E-state index in [0.29, 0.717) is 23.2 Å². The minimum atomic E-state index is -0.464. The zero-order valence-corrected chi connectivity index (χ0v) is 16.7. The Hall–Kier alpha value is -3.52. The number of rotatable bonds is 4. The molecule has 3 N–H and O–H groups in total. The van der Waals surface area contributed by atoms with Crippen LogP contribution in [0.5, 0.6) is 0 Å². The average Bonchev–Trinajstić information content (AvgIpc) is 2.68. The average molecular weight is 410 g/mol. The van der Waals surface area contributed by atoms with Gasteiger partial charge in [-0.05, 0) is 55.8 Å². The quantitative estimate of drug-likeness (QED) is 0.447. The summed E-state index contributed by atoms with van der Waals surface area (Å²) in [5, 5.41) is 8.97. The first-order valence-corrected chi connectivity index (χ1v) is 9.22. The zero-order valence-electron chi connectivity index (χ0n) is 16.0. The molecule has 0 aliphatic heterocycles. The maximum Gasteiger partial charge on any atom is 0.326 e. The number of anilines is 2. The summed E-state index contributed by atoms with van der Waals surface area (Å²) in [5.74, 6) is 0.560. The number of hydrogen-bond acceptors (Lipinski definition) is 5. The number of pyridine rings is 1. The van der Waals surface area contributed by atoms with Crippen molar-refractivity contribution in [1.29, 1.82) is 0 Å². The number of nitrogens with zero attached hydrogens (tertiary/aromatic N) is 4. The van der Waals surface area contributed by atoms with Crippen LogP contribution in [0.25, 0.3) is 0 Å². The number of nitrogens with one attached hydrogen (secondary N) is 3. The van der Waals surface area contributed by atoms with Gasteiger partial charge in [-0.15, -0.1) is 0 Å². The lowest BCUT2D eigenvalue weighted by Gasteiger charge is -2.12. The van der Waals surface area contributed by atoms with E-state index in [1.54, 1.807) is 36.7 Å². The molecular formula is C20H20ClN7O. The molecule has 0 aliphatic carbocycles. The van der Waals surface area contributed by atoms with Gasteiger partial charge in [0.25, 0.3) is 0 Å². The van der Waals surface area contributed by atoms with Crippen LogP contribution in [-0.2, 0) is 6.54 Å². The number of carbonyl (C=O) groups excluding carboxylic acids is 1. The molecule has 0 aliphatic rings. The van der Waals surface area contributed by atoms with Crippen LogP contribution in [0.4, 0.5) is 16.4 Å². The summed E-state index contributed by atoms with van der Waals surface area (Å²) in [6, 6.07) is 11.9. The first-order chi connectivity index (χ1) is 14.0. The SMILES string of the molecule is Cc1cc(C)nc(NC(=NCc2cccnc2)NC(=O)Nc2ccc(Cl)cc2)n1. The Morgan fingerprint density at radius 3 is 2.45 bits per heavy atom. The van der Waals surface area contributed by atoms with Gasteiger partial charge >= 0.3 is 6.03 Å². The smallest absolute Gasteiger partial charge is 0.308 e. The van der Waals surface area contributed by atoms with E-state index >= 15 is 0 Å². The van der Waals surface area contributed by atoms with Gasteiger partial charge in [-0.1, -0.05) is 17.7 Å². The molecule has 29 heavy (non-hydrogen) atoms. The van der Waals surface area contributed by atoms with Crippen molar-refractivity contribution in [3.63, 3.8) is 0 Å². The Morgan fingerprint density at radius 1 is 1.07 bits per heavy atom. The number of aryl methyl sites for hydroxylation is 2. The summed E-state index contributed by atoms with van der Waals surface area (Å²) in [6.45, 7) is 4.06. The van der Waals surface area contributed by atoms with Crippen LogP contribution < -0.4 is 16.0 Å². The maximum absolute atomic E-state index is 12.4. The van der Waals surface area contributed by atoms with Crippen molar-refractivity contribution >= 4 is 35.2 Å². The lowest BCUT2D eigenvalue weighted by atomic mass is 10.3. The molecule has 1 aromatic carbocycles. The summed E-state index contributed by atoms with van der Waals surface area (Å²) in [4.78, 5) is 29.6. The van der Waals surface area contributed by atoms with Gasteiger partial charge in [-0.25, -0.2) is 19.8 Å². The van der Waals surface area contributed by atoms with Gasteiger partial charge < -0.3 is 5.32 Å². The second-order valence-corrected chi connectivity index (χ2v) is 6.65. The molecule has 148 valence electrons. The van der Waals surface area contributed by atoms with Crippen molar-refractivity contribution < 1.29 is 4.79 Å². The first kappa shape index (κ1) is 20.2. The fourth-order valence-corrected chi connectivity index (χ4v) is 2.59. The van der Waals surface area contributed by atoms with E-state index in [1.807, 2.05) is 32.0 Å². The van der Waals surface area contributed by atoms with E-state index in [-0.39, 0.29) is 5.96 Å². The molecule has 2 heterocycles. The van der Waals surface area contributed by atoms with Crippen LogP contribution in [0, 0.1) is 13.8 Å². The van der Waals surface area contributed by atoms with Gasteiger partial charge in [0, 0.05) is 34.5 Å². The largest absolute Gasteiger partial charge is 0.326 e. The number of amides is 2. The lowest BCUT2D eigenvalue weighted by molar-refractivity contribution is 0.256. The number of hydrogen-bond donors (Lipinski definition) is 3. The fraction of sp³-hybridized carbons (Fsp3) is 0.150. The molecule has 0 bridgehead atoms. The molecule has 2 aromatic heterocycles. The minimum Gasteiger partial charge on any atom is -0.308 e. The van der Waals surface area contributed by atoms with Gasteiger partial charge in [0.1, 0.15) is 0 Å². The highest BCUT2D eigenvalue weighted by atomic mass is 35.5. The van der Waals surface area contributed by atoms with Gasteiger partial charge in [-0.2, -0.15) is 0 Å². The summed E-state index contributed by atoms with van der Waals surface area (Å²) in [6.07, 6.45) is 3.40. The maximum atomic E-state index is 12.4. The van der Waals surface area contributed by atoms with Crippen molar-refractivity contribution in [2.45, 2.75) is 20.4 Å². The second-order valence-electron chi connectivity index (χ2n) is 6.21. The van der Waals surface area contributed by atoms with Gasteiger partial charge in [-0.3, -0.25) is 15.6 Å². The molecule has 0 saturated heterocycles. The van der Waals surface area contributed by atoms with E-state index in [4.69, 9.17) is 11.6 Å². The fourth-order valence-electron chi connectivity index (χ4n) is 2.46. The highest BCUT2D eigenvalue weighted by Gasteiger charge is 2.09. The van der Waals surface area contributed by atoms with Crippen LogP contribution in [0.15, 0.2) is 59.9 Å². The van der Waals surface area contributed by atoms with Gasteiger partial charge in [0.2, 0.25) is 11.9 Å². The molecule has 0 spiro atoms. The number of carbonyl (C=O) groups is 1. The van der Waals surface area contributed by atoms with Crippen molar-refractivity contribution in [3.8, 4) is 0 Å². The predicted octanol–water partition coefficient (Wildman–Crippen LogP) is 3.93. The highest BCUT2D eigenvalue weighted by molar-refractivity contribution is 6.30. The Labute approximate surface area is 173 Å². The van der Waals surface area contributed by atoms with Crippen molar-refractivity contribution in [1.82, 2.24) is 20.3 Å². The molecule has 3 aromatic rings. The van der Waals surface area contributed by atoms with E-state index in [2.05, 4.69) is 35.9 Å². The molecule has 3 rings (SSSR count). The predicted molar refractivity (Wildman–Crippen MR) is 114 cm³/mol. The van der Waals surface area contributed by atoms with Gasteiger partial charge in [0.15, 0.2) is 0 Å². The van der Waals surface area contributed by atoms with E-state index in [1.165, 1.54) is 0 Å².